The fourth-order valence-electron chi connectivity index (χ4n) is 2.81. The lowest BCUT2D eigenvalue weighted by molar-refractivity contribution is 0.0677. The van der Waals surface area contributed by atoms with Crippen LogP contribution in [0.25, 0.3) is 0 Å². The number of carbonyl (C=O) groups excluding carboxylic acids is 1. The van der Waals surface area contributed by atoms with Gasteiger partial charge in [0.1, 0.15) is 11.3 Å². The molecule has 1 amide bonds. The van der Waals surface area contributed by atoms with Crippen molar-refractivity contribution in [3.05, 3.63) is 35.7 Å². The first-order chi connectivity index (χ1) is 9.66. The largest absolute Gasteiger partial charge is 0.361 e. The van der Waals surface area contributed by atoms with Crippen molar-refractivity contribution in [1.82, 2.24) is 19.6 Å². The van der Waals surface area contributed by atoms with Gasteiger partial charge in [0.2, 0.25) is 0 Å². The summed E-state index contributed by atoms with van der Waals surface area (Å²) in [7, 11) is 0. The van der Waals surface area contributed by atoms with Crippen molar-refractivity contribution >= 4 is 5.91 Å². The van der Waals surface area contributed by atoms with E-state index in [2.05, 4.69) is 14.7 Å². The maximum atomic E-state index is 12.6. The maximum absolute atomic E-state index is 12.6. The molecule has 1 fully saturated rings. The molecule has 106 valence electrons. The zero-order valence-electron chi connectivity index (χ0n) is 11.7. The Morgan fingerprint density at radius 2 is 2.30 bits per heavy atom. The van der Waals surface area contributed by atoms with Gasteiger partial charge in [-0.25, -0.2) is 4.98 Å². The van der Waals surface area contributed by atoms with Crippen molar-refractivity contribution in [2.24, 2.45) is 0 Å². The van der Waals surface area contributed by atoms with Gasteiger partial charge in [0, 0.05) is 25.5 Å². The van der Waals surface area contributed by atoms with E-state index < -0.39 is 0 Å². The molecule has 0 bridgehead atoms. The highest BCUT2D eigenvalue weighted by Crippen LogP contribution is 2.24. The molecule has 0 saturated carbocycles. The van der Waals surface area contributed by atoms with Gasteiger partial charge in [-0.2, -0.15) is 0 Å². The van der Waals surface area contributed by atoms with E-state index in [-0.39, 0.29) is 5.91 Å². The summed E-state index contributed by atoms with van der Waals surface area (Å²) in [5.74, 6) is 0.614. The number of hydrogen-bond acceptors (Lipinski definition) is 4. The molecule has 0 unspecified atom stereocenters. The number of rotatable bonds is 2. The van der Waals surface area contributed by atoms with Gasteiger partial charge in [0.15, 0.2) is 0 Å². The fraction of sp³-hybridized carbons (Fsp3) is 0.500. The SMILES string of the molecule is Cc1noc(C)c1C(=O)N1CCC[C@@H](n2ccnc2)C1. The second-order valence-electron chi connectivity index (χ2n) is 5.26. The van der Waals surface area contributed by atoms with Crippen LogP contribution in [-0.4, -0.2) is 38.6 Å². The Morgan fingerprint density at radius 1 is 1.45 bits per heavy atom. The lowest BCUT2D eigenvalue weighted by atomic mass is 10.0. The summed E-state index contributed by atoms with van der Waals surface area (Å²) >= 11 is 0. The standard InChI is InChI=1S/C14H18N4O2/c1-10-13(11(2)20-16-10)14(19)17-6-3-4-12(8-17)18-7-5-15-9-18/h5,7,9,12H,3-4,6,8H2,1-2H3/t12-/m1/s1. The smallest absolute Gasteiger partial charge is 0.259 e. The normalized spacial score (nSPS) is 19.3. The summed E-state index contributed by atoms with van der Waals surface area (Å²) < 4.78 is 7.17. The monoisotopic (exact) mass is 274 g/mol. The van der Waals surface area contributed by atoms with Gasteiger partial charge in [-0.1, -0.05) is 5.16 Å². The Labute approximate surface area is 117 Å². The molecule has 1 saturated heterocycles. The number of aromatic nitrogens is 3. The third-order valence-corrected chi connectivity index (χ3v) is 3.88. The number of imidazole rings is 1. The van der Waals surface area contributed by atoms with Gasteiger partial charge in [-0.3, -0.25) is 4.79 Å². The quantitative estimate of drug-likeness (QED) is 0.839. The third-order valence-electron chi connectivity index (χ3n) is 3.88. The van der Waals surface area contributed by atoms with Crippen molar-refractivity contribution in [2.75, 3.05) is 13.1 Å². The Hall–Kier alpha value is -2.11. The summed E-state index contributed by atoms with van der Waals surface area (Å²) in [5.41, 5.74) is 1.27. The fourth-order valence-corrected chi connectivity index (χ4v) is 2.81. The molecule has 0 aromatic carbocycles. The number of piperidine rings is 1. The van der Waals surface area contributed by atoms with Gasteiger partial charge in [-0.15, -0.1) is 0 Å². The van der Waals surface area contributed by atoms with E-state index in [0.717, 1.165) is 19.4 Å². The van der Waals surface area contributed by atoms with Crippen LogP contribution in [0.2, 0.25) is 0 Å². The number of carbonyl (C=O) groups is 1. The molecule has 0 aliphatic carbocycles. The third kappa shape index (κ3) is 2.21. The van der Waals surface area contributed by atoms with Crippen LogP contribution >= 0.6 is 0 Å². The van der Waals surface area contributed by atoms with Crippen LogP contribution in [0.1, 0.15) is 40.7 Å². The predicted molar refractivity (Wildman–Crippen MR) is 72.4 cm³/mol. The number of aryl methyl sites for hydroxylation is 2. The number of likely N-dealkylation sites (tertiary alicyclic amines) is 1. The highest BCUT2D eigenvalue weighted by molar-refractivity contribution is 5.96. The molecule has 0 N–H and O–H groups in total. The molecule has 0 radical (unpaired) electrons. The molecular weight excluding hydrogens is 256 g/mol. The van der Waals surface area contributed by atoms with Gasteiger partial charge >= 0.3 is 0 Å². The number of hydrogen-bond donors (Lipinski definition) is 0. The van der Waals surface area contributed by atoms with Crippen molar-refractivity contribution < 1.29 is 9.32 Å². The summed E-state index contributed by atoms with van der Waals surface area (Å²) in [6, 6.07) is 0.302. The van der Waals surface area contributed by atoms with E-state index in [1.807, 2.05) is 17.4 Å². The van der Waals surface area contributed by atoms with Gasteiger partial charge in [0.05, 0.1) is 18.1 Å². The average Bonchev–Trinajstić information content (AvgIpc) is 3.09. The van der Waals surface area contributed by atoms with Crippen LogP contribution in [0.15, 0.2) is 23.2 Å². The second kappa shape index (κ2) is 5.11. The highest BCUT2D eigenvalue weighted by atomic mass is 16.5. The van der Waals surface area contributed by atoms with Crippen molar-refractivity contribution in [3.63, 3.8) is 0 Å². The van der Waals surface area contributed by atoms with Gasteiger partial charge in [-0.05, 0) is 26.7 Å². The van der Waals surface area contributed by atoms with E-state index >= 15 is 0 Å². The van der Waals surface area contributed by atoms with E-state index in [1.54, 1.807) is 20.0 Å². The molecule has 0 spiro atoms. The Bertz CT molecular complexity index is 583. The molecule has 6 nitrogen and oxygen atoms in total. The highest BCUT2D eigenvalue weighted by Gasteiger charge is 2.28. The Balaban J connectivity index is 1.79. The molecule has 3 heterocycles. The molecular formula is C14H18N4O2. The molecule has 1 aliphatic heterocycles. The van der Waals surface area contributed by atoms with Gasteiger partial charge in [0.25, 0.3) is 5.91 Å². The summed E-state index contributed by atoms with van der Waals surface area (Å²) in [4.78, 5) is 18.6. The molecule has 20 heavy (non-hydrogen) atoms. The number of nitrogens with zero attached hydrogens (tertiary/aromatic N) is 4. The number of amides is 1. The van der Waals surface area contributed by atoms with Crippen molar-refractivity contribution in [1.29, 1.82) is 0 Å². The van der Waals surface area contributed by atoms with E-state index in [0.29, 0.717) is 29.6 Å². The topological polar surface area (TPSA) is 64.2 Å². The van der Waals surface area contributed by atoms with Crippen LogP contribution in [-0.2, 0) is 0 Å². The molecule has 2 aromatic rings. The first-order valence-corrected chi connectivity index (χ1v) is 6.86. The maximum Gasteiger partial charge on any atom is 0.259 e. The summed E-state index contributed by atoms with van der Waals surface area (Å²) in [6.45, 7) is 5.08. The second-order valence-corrected chi connectivity index (χ2v) is 5.26. The Morgan fingerprint density at radius 3 is 2.95 bits per heavy atom. The molecule has 3 rings (SSSR count). The van der Waals surface area contributed by atoms with Crippen LogP contribution in [0.4, 0.5) is 0 Å². The van der Waals surface area contributed by atoms with Crippen molar-refractivity contribution in [3.8, 4) is 0 Å². The zero-order valence-corrected chi connectivity index (χ0v) is 11.7. The Kier molecular flexibility index (Phi) is 3.30. The van der Waals surface area contributed by atoms with E-state index in [9.17, 15) is 4.79 Å². The van der Waals surface area contributed by atoms with Crippen LogP contribution in [0, 0.1) is 13.8 Å². The predicted octanol–water partition coefficient (Wildman–Crippen LogP) is 1.97. The minimum Gasteiger partial charge on any atom is -0.361 e. The van der Waals surface area contributed by atoms with E-state index in [1.165, 1.54) is 0 Å². The minimum absolute atomic E-state index is 0.0195. The van der Waals surface area contributed by atoms with Crippen LogP contribution < -0.4 is 0 Å². The first kappa shape index (κ1) is 12.9. The minimum atomic E-state index is 0.0195. The molecule has 1 atom stereocenters. The summed E-state index contributed by atoms with van der Waals surface area (Å²) in [6.07, 6.45) is 7.61. The van der Waals surface area contributed by atoms with Crippen LogP contribution in [0.3, 0.4) is 0 Å². The lowest BCUT2D eigenvalue weighted by Gasteiger charge is -2.33. The summed E-state index contributed by atoms with van der Waals surface area (Å²) in [5, 5.41) is 3.86. The average molecular weight is 274 g/mol. The molecule has 6 heteroatoms. The van der Waals surface area contributed by atoms with Gasteiger partial charge < -0.3 is 14.0 Å². The molecule has 1 aliphatic rings. The lowest BCUT2D eigenvalue weighted by Crippen LogP contribution is -2.40. The zero-order chi connectivity index (χ0) is 14.1. The van der Waals surface area contributed by atoms with Crippen molar-refractivity contribution in [2.45, 2.75) is 32.7 Å². The molecule has 2 aromatic heterocycles. The van der Waals surface area contributed by atoms with E-state index in [4.69, 9.17) is 4.52 Å². The van der Waals surface area contributed by atoms with Crippen LogP contribution in [0.5, 0.6) is 0 Å². The first-order valence-electron chi connectivity index (χ1n) is 6.86.